The molecular formula is C18H17NO4S. The third kappa shape index (κ3) is 3.83. The van der Waals surface area contributed by atoms with Gasteiger partial charge in [0.15, 0.2) is 9.84 Å². The maximum absolute atomic E-state index is 11.6. The minimum absolute atomic E-state index is 0.197. The van der Waals surface area contributed by atoms with E-state index in [1.165, 1.54) is 24.0 Å². The van der Waals surface area contributed by atoms with Crippen LogP contribution in [0.15, 0.2) is 64.1 Å². The van der Waals surface area contributed by atoms with E-state index >= 15 is 0 Å². The second-order valence-corrected chi connectivity index (χ2v) is 7.56. The third-order valence-electron chi connectivity index (χ3n) is 3.47. The molecule has 0 N–H and O–H groups in total. The average Bonchev–Trinajstić information content (AvgIpc) is 3.02. The number of ether oxygens (including phenoxy) is 1. The van der Waals surface area contributed by atoms with Crippen molar-refractivity contribution in [3.63, 3.8) is 0 Å². The second kappa shape index (κ2) is 6.49. The molecule has 0 aliphatic heterocycles. The first-order chi connectivity index (χ1) is 11.4. The molecule has 1 heterocycles. The van der Waals surface area contributed by atoms with E-state index in [0.29, 0.717) is 17.3 Å². The summed E-state index contributed by atoms with van der Waals surface area (Å²) in [5.74, 6) is 0.997. The second-order valence-electron chi connectivity index (χ2n) is 5.55. The Labute approximate surface area is 140 Å². The molecule has 0 saturated heterocycles. The summed E-state index contributed by atoms with van der Waals surface area (Å²) in [5, 5.41) is 0. The lowest BCUT2D eigenvalue weighted by Gasteiger charge is -2.05. The number of aryl methyl sites for hydroxylation is 1. The highest BCUT2D eigenvalue weighted by Gasteiger charge is 2.10. The van der Waals surface area contributed by atoms with E-state index in [0.717, 1.165) is 11.8 Å². The number of nitrogens with zero attached hydrogens (tertiary/aromatic N) is 1. The number of rotatable bonds is 5. The van der Waals surface area contributed by atoms with E-state index in [1.807, 2.05) is 31.2 Å². The maximum atomic E-state index is 11.6. The van der Waals surface area contributed by atoms with E-state index in [4.69, 9.17) is 9.15 Å². The lowest BCUT2D eigenvalue weighted by Crippen LogP contribution is -1.99. The van der Waals surface area contributed by atoms with Crippen molar-refractivity contribution in [2.75, 3.05) is 6.26 Å². The molecule has 24 heavy (non-hydrogen) atoms. The molecule has 0 aliphatic rings. The van der Waals surface area contributed by atoms with E-state index in [-0.39, 0.29) is 11.5 Å². The molecule has 0 amide bonds. The van der Waals surface area contributed by atoms with Crippen LogP contribution in [0.1, 0.15) is 11.3 Å². The largest absolute Gasteiger partial charge is 0.487 e. The number of oxazole rings is 1. The molecule has 0 saturated carbocycles. The minimum Gasteiger partial charge on any atom is -0.487 e. The standard InChI is InChI=1S/C18H17NO4S/c1-13-6-8-14(9-7-13)18-19-15(12-23-18)11-22-16-4-3-5-17(10-16)24(2,20)21/h3-10,12H,11H2,1-2H3. The summed E-state index contributed by atoms with van der Waals surface area (Å²) in [6.45, 7) is 2.21. The van der Waals surface area contributed by atoms with Crippen molar-refractivity contribution in [1.29, 1.82) is 0 Å². The normalized spacial score (nSPS) is 11.4. The van der Waals surface area contributed by atoms with Gasteiger partial charge in [-0.1, -0.05) is 23.8 Å². The number of hydrogen-bond acceptors (Lipinski definition) is 5. The van der Waals surface area contributed by atoms with E-state index < -0.39 is 9.84 Å². The minimum atomic E-state index is -3.26. The number of hydrogen-bond donors (Lipinski definition) is 0. The van der Waals surface area contributed by atoms with Crippen LogP contribution in [0.3, 0.4) is 0 Å². The Balaban J connectivity index is 1.71. The van der Waals surface area contributed by atoms with Crippen molar-refractivity contribution in [3.8, 4) is 17.2 Å². The fraction of sp³-hybridized carbons (Fsp3) is 0.167. The highest BCUT2D eigenvalue weighted by molar-refractivity contribution is 7.90. The Kier molecular flexibility index (Phi) is 4.40. The van der Waals surface area contributed by atoms with Crippen LogP contribution in [0.2, 0.25) is 0 Å². The third-order valence-corrected chi connectivity index (χ3v) is 4.58. The van der Waals surface area contributed by atoms with Crippen molar-refractivity contribution in [2.45, 2.75) is 18.4 Å². The topological polar surface area (TPSA) is 69.4 Å². The van der Waals surface area contributed by atoms with E-state index in [1.54, 1.807) is 12.1 Å². The quantitative estimate of drug-likeness (QED) is 0.707. The summed E-state index contributed by atoms with van der Waals surface area (Å²) >= 11 is 0. The fourth-order valence-electron chi connectivity index (χ4n) is 2.15. The molecule has 0 atom stereocenters. The van der Waals surface area contributed by atoms with Crippen molar-refractivity contribution in [1.82, 2.24) is 4.98 Å². The summed E-state index contributed by atoms with van der Waals surface area (Å²) < 4.78 is 34.2. The molecule has 3 rings (SSSR count). The van der Waals surface area contributed by atoms with Gasteiger partial charge in [-0.25, -0.2) is 13.4 Å². The van der Waals surface area contributed by atoms with Gasteiger partial charge in [0.05, 0.1) is 4.90 Å². The van der Waals surface area contributed by atoms with Crippen molar-refractivity contribution >= 4 is 9.84 Å². The molecule has 5 nitrogen and oxygen atoms in total. The Hall–Kier alpha value is -2.60. The maximum Gasteiger partial charge on any atom is 0.226 e. The summed E-state index contributed by atoms with van der Waals surface area (Å²) in [6.07, 6.45) is 2.70. The van der Waals surface area contributed by atoms with Gasteiger partial charge >= 0.3 is 0 Å². The zero-order chi connectivity index (χ0) is 17.2. The molecule has 6 heteroatoms. The van der Waals surface area contributed by atoms with E-state index in [2.05, 4.69) is 4.98 Å². The Morgan fingerprint density at radius 2 is 1.88 bits per heavy atom. The zero-order valence-corrected chi connectivity index (χ0v) is 14.2. The van der Waals surface area contributed by atoms with Gasteiger partial charge in [0.1, 0.15) is 24.3 Å². The van der Waals surface area contributed by atoms with Crippen molar-refractivity contribution < 1.29 is 17.6 Å². The summed E-state index contributed by atoms with van der Waals surface area (Å²) in [6, 6.07) is 14.3. The molecule has 0 fully saturated rings. The summed E-state index contributed by atoms with van der Waals surface area (Å²) in [5.41, 5.74) is 2.70. The lowest BCUT2D eigenvalue weighted by atomic mass is 10.1. The molecule has 0 aliphatic carbocycles. The first kappa shape index (κ1) is 16.3. The van der Waals surface area contributed by atoms with Gasteiger partial charge < -0.3 is 9.15 Å². The smallest absolute Gasteiger partial charge is 0.226 e. The molecule has 0 radical (unpaired) electrons. The monoisotopic (exact) mass is 343 g/mol. The number of aromatic nitrogens is 1. The Morgan fingerprint density at radius 1 is 1.12 bits per heavy atom. The lowest BCUT2D eigenvalue weighted by molar-refractivity contribution is 0.300. The molecule has 1 aromatic heterocycles. The predicted octanol–water partition coefficient (Wildman–Crippen LogP) is 3.63. The highest BCUT2D eigenvalue weighted by atomic mass is 32.2. The Bertz CT molecular complexity index is 943. The fourth-order valence-corrected chi connectivity index (χ4v) is 2.81. The van der Waals surface area contributed by atoms with Crippen LogP contribution in [0.5, 0.6) is 5.75 Å². The van der Waals surface area contributed by atoms with Gasteiger partial charge in [-0.05, 0) is 37.3 Å². The first-order valence-electron chi connectivity index (χ1n) is 7.36. The van der Waals surface area contributed by atoms with Gasteiger partial charge in [-0.3, -0.25) is 0 Å². The molecular weight excluding hydrogens is 326 g/mol. The SMILES string of the molecule is Cc1ccc(-c2nc(COc3cccc(S(C)(=O)=O)c3)co2)cc1. The van der Waals surface area contributed by atoms with Crippen LogP contribution >= 0.6 is 0 Å². The predicted molar refractivity (Wildman–Crippen MR) is 90.6 cm³/mol. The van der Waals surface area contributed by atoms with Gasteiger partial charge in [0.25, 0.3) is 0 Å². The van der Waals surface area contributed by atoms with Crippen LogP contribution in [-0.4, -0.2) is 19.7 Å². The van der Waals surface area contributed by atoms with Crippen LogP contribution in [-0.2, 0) is 16.4 Å². The number of sulfone groups is 1. The van der Waals surface area contributed by atoms with Crippen LogP contribution in [0.4, 0.5) is 0 Å². The van der Waals surface area contributed by atoms with Crippen LogP contribution < -0.4 is 4.74 Å². The van der Waals surface area contributed by atoms with Crippen molar-refractivity contribution in [2.24, 2.45) is 0 Å². The highest BCUT2D eigenvalue weighted by Crippen LogP contribution is 2.21. The molecule has 124 valence electrons. The molecule has 0 bridgehead atoms. The van der Waals surface area contributed by atoms with Gasteiger partial charge in [-0.2, -0.15) is 0 Å². The van der Waals surface area contributed by atoms with Gasteiger partial charge in [0.2, 0.25) is 5.89 Å². The van der Waals surface area contributed by atoms with Crippen LogP contribution in [0.25, 0.3) is 11.5 Å². The zero-order valence-electron chi connectivity index (χ0n) is 13.4. The molecule has 3 aromatic rings. The summed E-state index contributed by atoms with van der Waals surface area (Å²) in [7, 11) is -3.26. The van der Waals surface area contributed by atoms with Crippen molar-refractivity contribution in [3.05, 3.63) is 66.1 Å². The molecule has 2 aromatic carbocycles. The van der Waals surface area contributed by atoms with Gasteiger partial charge in [0, 0.05) is 11.8 Å². The number of benzene rings is 2. The van der Waals surface area contributed by atoms with Crippen LogP contribution in [0, 0.1) is 6.92 Å². The molecule has 0 unspecified atom stereocenters. The molecule has 0 spiro atoms. The average molecular weight is 343 g/mol. The summed E-state index contributed by atoms with van der Waals surface area (Å²) in [4.78, 5) is 4.61. The van der Waals surface area contributed by atoms with Gasteiger partial charge in [-0.15, -0.1) is 0 Å². The Morgan fingerprint density at radius 3 is 2.58 bits per heavy atom. The first-order valence-corrected chi connectivity index (χ1v) is 9.25. The van der Waals surface area contributed by atoms with E-state index in [9.17, 15) is 8.42 Å².